The van der Waals surface area contributed by atoms with Crippen LogP contribution in [0.5, 0.6) is 0 Å². The summed E-state index contributed by atoms with van der Waals surface area (Å²) in [6.45, 7) is 5.36. The maximum Gasteiger partial charge on any atom is 0.251 e. The Balaban J connectivity index is 1.64. The van der Waals surface area contributed by atoms with Gasteiger partial charge in [0.2, 0.25) is 5.91 Å². The first kappa shape index (κ1) is 17.9. The minimum Gasteiger partial charge on any atom is -0.354 e. The van der Waals surface area contributed by atoms with Crippen LogP contribution in [0.1, 0.15) is 36.5 Å². The van der Waals surface area contributed by atoms with Crippen LogP contribution < -0.4 is 10.6 Å². The van der Waals surface area contributed by atoms with E-state index in [1.165, 1.54) is 6.42 Å². The molecule has 0 spiro atoms. The molecule has 5 nitrogen and oxygen atoms in total. The molecule has 2 amide bonds. The first-order chi connectivity index (χ1) is 11.1. The van der Waals surface area contributed by atoms with Gasteiger partial charge in [-0.1, -0.05) is 22.9 Å². The summed E-state index contributed by atoms with van der Waals surface area (Å²) < 4.78 is 0.932. The smallest absolute Gasteiger partial charge is 0.251 e. The molecule has 126 valence electrons. The number of carbonyl (C=O) groups excluding carboxylic acids is 2. The van der Waals surface area contributed by atoms with E-state index in [9.17, 15) is 9.59 Å². The minimum absolute atomic E-state index is 0.0101. The number of likely N-dealkylation sites (N-methyl/N-ethyl adjacent to an activating group) is 1. The van der Waals surface area contributed by atoms with Gasteiger partial charge in [0.1, 0.15) is 0 Å². The highest BCUT2D eigenvalue weighted by Gasteiger charge is 2.22. The van der Waals surface area contributed by atoms with Gasteiger partial charge in [-0.3, -0.25) is 14.5 Å². The van der Waals surface area contributed by atoms with E-state index in [1.807, 2.05) is 12.1 Å². The number of amides is 2. The maximum absolute atomic E-state index is 11.9. The lowest BCUT2D eigenvalue weighted by Crippen LogP contribution is -2.40. The Bertz CT molecular complexity index is 533. The average Bonchev–Trinajstić information content (AvgIpc) is 3.01. The molecule has 0 saturated carbocycles. The predicted molar refractivity (Wildman–Crippen MR) is 94.4 cm³/mol. The van der Waals surface area contributed by atoms with Gasteiger partial charge in [0.05, 0.1) is 0 Å². The summed E-state index contributed by atoms with van der Waals surface area (Å²) in [7, 11) is 0. The molecule has 1 fully saturated rings. The lowest BCUT2D eigenvalue weighted by Gasteiger charge is -2.22. The van der Waals surface area contributed by atoms with Gasteiger partial charge in [0.15, 0.2) is 0 Å². The Morgan fingerprint density at radius 1 is 1.26 bits per heavy atom. The number of nitrogens with zero attached hydrogens (tertiary/aromatic N) is 1. The van der Waals surface area contributed by atoms with E-state index in [4.69, 9.17) is 0 Å². The molecule has 1 aliphatic heterocycles. The minimum atomic E-state index is -0.154. The highest BCUT2D eigenvalue weighted by molar-refractivity contribution is 9.10. The largest absolute Gasteiger partial charge is 0.354 e. The topological polar surface area (TPSA) is 61.4 Å². The molecule has 0 aliphatic carbocycles. The van der Waals surface area contributed by atoms with E-state index < -0.39 is 0 Å². The van der Waals surface area contributed by atoms with Gasteiger partial charge < -0.3 is 10.6 Å². The molecule has 1 atom stereocenters. The summed E-state index contributed by atoms with van der Waals surface area (Å²) in [4.78, 5) is 26.2. The number of rotatable bonds is 7. The summed E-state index contributed by atoms with van der Waals surface area (Å²) in [5.74, 6) is -0.165. The average molecular weight is 382 g/mol. The second-order valence-electron chi connectivity index (χ2n) is 5.74. The zero-order valence-electron chi connectivity index (χ0n) is 13.5. The highest BCUT2D eigenvalue weighted by atomic mass is 79.9. The molecule has 1 unspecified atom stereocenters. The van der Waals surface area contributed by atoms with Gasteiger partial charge in [-0.15, -0.1) is 0 Å². The SMILES string of the molecule is CCN1CCCC1CNC(=O)CCNC(=O)c1ccc(Br)cc1. The van der Waals surface area contributed by atoms with E-state index in [2.05, 4.69) is 38.4 Å². The van der Waals surface area contributed by atoms with Crippen molar-refractivity contribution in [1.29, 1.82) is 0 Å². The van der Waals surface area contributed by atoms with Crippen LogP contribution in [-0.2, 0) is 4.79 Å². The molecule has 1 heterocycles. The van der Waals surface area contributed by atoms with Gasteiger partial charge in [0, 0.05) is 35.6 Å². The standard InChI is InChI=1S/C17H24BrN3O2/c1-2-21-11-3-4-15(21)12-20-16(22)9-10-19-17(23)13-5-7-14(18)8-6-13/h5-8,15H,2-4,9-12H2,1H3,(H,19,23)(H,20,22). The fourth-order valence-electron chi connectivity index (χ4n) is 2.86. The van der Waals surface area contributed by atoms with Crippen LogP contribution in [-0.4, -0.2) is 48.9 Å². The summed E-state index contributed by atoms with van der Waals surface area (Å²) in [6.07, 6.45) is 2.66. The van der Waals surface area contributed by atoms with Crippen molar-refractivity contribution in [3.63, 3.8) is 0 Å². The van der Waals surface area contributed by atoms with Crippen LogP contribution in [0.2, 0.25) is 0 Å². The van der Waals surface area contributed by atoms with Crippen molar-refractivity contribution in [2.24, 2.45) is 0 Å². The van der Waals surface area contributed by atoms with E-state index >= 15 is 0 Å². The van der Waals surface area contributed by atoms with E-state index in [1.54, 1.807) is 12.1 Å². The van der Waals surface area contributed by atoms with Gasteiger partial charge in [-0.25, -0.2) is 0 Å². The molecule has 1 aromatic carbocycles. The number of hydrogen-bond acceptors (Lipinski definition) is 3. The number of benzene rings is 1. The highest BCUT2D eigenvalue weighted by Crippen LogP contribution is 2.15. The third-order valence-corrected chi connectivity index (χ3v) is 4.71. The Hall–Kier alpha value is -1.40. The van der Waals surface area contributed by atoms with Gasteiger partial charge in [-0.2, -0.15) is 0 Å². The Morgan fingerprint density at radius 3 is 2.70 bits per heavy atom. The molecule has 0 aromatic heterocycles. The van der Waals surface area contributed by atoms with Crippen LogP contribution in [0.3, 0.4) is 0 Å². The molecule has 23 heavy (non-hydrogen) atoms. The van der Waals surface area contributed by atoms with Crippen molar-refractivity contribution in [1.82, 2.24) is 15.5 Å². The van der Waals surface area contributed by atoms with Crippen molar-refractivity contribution >= 4 is 27.7 Å². The zero-order chi connectivity index (χ0) is 16.7. The summed E-state index contributed by atoms with van der Waals surface area (Å²) in [5, 5.41) is 5.74. The van der Waals surface area contributed by atoms with Crippen LogP contribution in [0.15, 0.2) is 28.7 Å². The zero-order valence-corrected chi connectivity index (χ0v) is 15.1. The molecular weight excluding hydrogens is 358 g/mol. The summed E-state index contributed by atoms with van der Waals surface area (Å²) >= 11 is 3.33. The van der Waals surface area contributed by atoms with Crippen LogP contribution in [0.25, 0.3) is 0 Å². The summed E-state index contributed by atoms with van der Waals surface area (Å²) in [6, 6.07) is 7.60. The fourth-order valence-corrected chi connectivity index (χ4v) is 3.12. The Kier molecular flexibility index (Phi) is 7.05. The second-order valence-corrected chi connectivity index (χ2v) is 6.66. The third kappa shape index (κ3) is 5.62. The van der Waals surface area contributed by atoms with Gasteiger partial charge in [0.25, 0.3) is 5.91 Å². The number of likely N-dealkylation sites (tertiary alicyclic amines) is 1. The molecule has 0 radical (unpaired) electrons. The van der Waals surface area contributed by atoms with E-state index in [-0.39, 0.29) is 11.8 Å². The van der Waals surface area contributed by atoms with Crippen molar-refractivity contribution in [2.45, 2.75) is 32.2 Å². The molecule has 2 rings (SSSR count). The third-order valence-electron chi connectivity index (χ3n) is 4.18. The van der Waals surface area contributed by atoms with Crippen molar-refractivity contribution in [3.05, 3.63) is 34.3 Å². The van der Waals surface area contributed by atoms with Crippen LogP contribution in [0, 0.1) is 0 Å². The molecule has 0 bridgehead atoms. The van der Waals surface area contributed by atoms with Crippen LogP contribution in [0.4, 0.5) is 0 Å². The fraction of sp³-hybridized carbons (Fsp3) is 0.529. The van der Waals surface area contributed by atoms with E-state index in [0.29, 0.717) is 31.1 Å². The molecule has 6 heteroatoms. The quantitative estimate of drug-likeness (QED) is 0.760. The molecule has 1 saturated heterocycles. The Labute approximate surface area is 145 Å². The lowest BCUT2D eigenvalue weighted by atomic mass is 10.2. The lowest BCUT2D eigenvalue weighted by molar-refractivity contribution is -0.121. The van der Waals surface area contributed by atoms with E-state index in [0.717, 1.165) is 24.0 Å². The summed E-state index contributed by atoms with van der Waals surface area (Å²) in [5.41, 5.74) is 0.596. The monoisotopic (exact) mass is 381 g/mol. The van der Waals surface area contributed by atoms with Crippen molar-refractivity contribution in [2.75, 3.05) is 26.2 Å². The molecule has 2 N–H and O–H groups in total. The number of halogens is 1. The first-order valence-electron chi connectivity index (χ1n) is 8.14. The number of hydrogen-bond donors (Lipinski definition) is 2. The van der Waals surface area contributed by atoms with Gasteiger partial charge in [-0.05, 0) is 50.2 Å². The normalized spacial score (nSPS) is 17.9. The second kappa shape index (κ2) is 9.03. The predicted octanol–water partition coefficient (Wildman–Crippen LogP) is 2.17. The molecule has 1 aromatic rings. The molecule has 1 aliphatic rings. The number of nitrogens with one attached hydrogen (secondary N) is 2. The maximum atomic E-state index is 11.9. The first-order valence-corrected chi connectivity index (χ1v) is 8.94. The van der Waals surface area contributed by atoms with Gasteiger partial charge >= 0.3 is 0 Å². The number of carbonyl (C=O) groups is 2. The molecular formula is C17H24BrN3O2. The van der Waals surface area contributed by atoms with Crippen molar-refractivity contribution < 1.29 is 9.59 Å². The van der Waals surface area contributed by atoms with Crippen molar-refractivity contribution in [3.8, 4) is 0 Å². The Morgan fingerprint density at radius 2 is 2.00 bits per heavy atom. The van der Waals surface area contributed by atoms with Crippen LogP contribution >= 0.6 is 15.9 Å².